The van der Waals surface area contributed by atoms with Crippen LogP contribution in [0.1, 0.15) is 130 Å². The van der Waals surface area contributed by atoms with E-state index in [4.69, 9.17) is 0 Å². The van der Waals surface area contributed by atoms with Crippen molar-refractivity contribution in [2.24, 2.45) is 0 Å². The molecule has 2 aliphatic rings. The molecule has 224 valence electrons. The Hall–Kier alpha value is -0.223. The molecule has 2 heteroatoms. The van der Waals surface area contributed by atoms with Gasteiger partial charge in [0.25, 0.3) is 0 Å². The zero-order chi connectivity index (χ0) is 29.1. The molecule has 0 aliphatic heterocycles. The van der Waals surface area contributed by atoms with E-state index in [0.29, 0.717) is 0 Å². The van der Waals surface area contributed by atoms with Crippen LogP contribution in [0.2, 0.25) is 26.6 Å². The maximum atomic E-state index is 2.87. The van der Waals surface area contributed by atoms with Gasteiger partial charge in [-0.1, -0.05) is 0 Å². The summed E-state index contributed by atoms with van der Waals surface area (Å²) in [5, 5.41) is 0. The minimum atomic E-state index is -2.33. The Labute approximate surface area is 259 Å². The Morgan fingerprint density at radius 1 is 0.450 bits per heavy atom. The van der Waals surface area contributed by atoms with Gasteiger partial charge in [0.1, 0.15) is 0 Å². The van der Waals surface area contributed by atoms with Crippen molar-refractivity contribution in [3.8, 4) is 11.1 Å². The standard InChI is InChI=1S/C14H10.6C4H9.2Sn/c1-3-11-10-12(4-2)14-9-7-5-6-8-13(11)14;6*1-3-4-2;;/h1-10H;6*1,3-4H2,2H3;;. The molecule has 0 unspecified atom stereocenters. The van der Waals surface area contributed by atoms with Gasteiger partial charge in [-0.2, -0.15) is 0 Å². The van der Waals surface area contributed by atoms with Gasteiger partial charge in [0.05, 0.1) is 0 Å². The van der Waals surface area contributed by atoms with Gasteiger partial charge in [0.15, 0.2) is 0 Å². The van der Waals surface area contributed by atoms with Crippen molar-refractivity contribution in [2.45, 2.75) is 145 Å². The molecular weight excluding hydrogens is 694 g/mol. The summed E-state index contributed by atoms with van der Waals surface area (Å²) in [6.07, 6.45) is 21.9. The first-order valence-corrected chi connectivity index (χ1v) is 32.8. The van der Waals surface area contributed by atoms with E-state index < -0.39 is 36.8 Å². The third-order valence-electron chi connectivity index (χ3n) is 9.37. The first-order valence-electron chi connectivity index (χ1n) is 17.4. The fraction of sp³-hybridized carbons (Fsp3) is 0.632. The van der Waals surface area contributed by atoms with Crippen molar-refractivity contribution in [1.82, 2.24) is 0 Å². The summed E-state index contributed by atoms with van der Waals surface area (Å²) in [4.78, 5) is 0. The second kappa shape index (κ2) is 20.6. The number of unbranched alkanes of at least 4 members (excludes halogenated alkanes) is 6. The van der Waals surface area contributed by atoms with E-state index in [9.17, 15) is 0 Å². The van der Waals surface area contributed by atoms with E-state index in [-0.39, 0.29) is 0 Å². The Bertz CT molecular complexity index is 839. The number of hydrogen-bond donors (Lipinski definition) is 0. The van der Waals surface area contributed by atoms with Gasteiger partial charge >= 0.3 is 261 Å². The van der Waals surface area contributed by atoms with Crippen LogP contribution in [-0.4, -0.2) is 36.8 Å². The van der Waals surface area contributed by atoms with Crippen LogP contribution in [0.4, 0.5) is 0 Å². The molecular formula is C38H64Sn2. The summed E-state index contributed by atoms with van der Waals surface area (Å²) >= 11 is -4.66. The molecule has 0 heterocycles. The first kappa shape index (κ1) is 36.0. The molecule has 0 amide bonds. The third kappa shape index (κ3) is 11.8. The molecule has 2 rings (SSSR count). The van der Waals surface area contributed by atoms with Crippen LogP contribution in [0.3, 0.4) is 0 Å². The van der Waals surface area contributed by atoms with E-state index in [1.54, 1.807) is 26.6 Å². The van der Waals surface area contributed by atoms with Crippen molar-refractivity contribution in [3.63, 3.8) is 0 Å². The van der Waals surface area contributed by atoms with Gasteiger partial charge in [-0.15, -0.1) is 0 Å². The Balaban J connectivity index is 2.53. The van der Waals surface area contributed by atoms with Gasteiger partial charge in [0, 0.05) is 0 Å². The summed E-state index contributed by atoms with van der Waals surface area (Å²) in [5.74, 6) is 0. The molecule has 2 aliphatic carbocycles. The average molecular weight is 758 g/mol. The summed E-state index contributed by atoms with van der Waals surface area (Å²) in [5.41, 5.74) is 5.87. The second-order valence-electron chi connectivity index (χ2n) is 12.8. The summed E-state index contributed by atoms with van der Waals surface area (Å²) in [6, 6.07) is 14.0. The van der Waals surface area contributed by atoms with Gasteiger partial charge in [-0.05, 0) is 0 Å². The molecule has 40 heavy (non-hydrogen) atoms. The van der Waals surface area contributed by atoms with Crippen LogP contribution in [0.25, 0.3) is 23.3 Å². The van der Waals surface area contributed by atoms with Crippen LogP contribution in [0, 0.1) is 0 Å². The van der Waals surface area contributed by atoms with Crippen molar-refractivity contribution in [1.29, 1.82) is 0 Å². The SMILES string of the molecule is CCC[CH2][Sn](/[CH]=C/c1cc(/C=[CH]/[Sn]([CH2]CCC)([CH2]CCC)[CH2]CCC)c2cccccc1-2)([CH2]CCC)[CH2]CCC. The van der Waals surface area contributed by atoms with Crippen molar-refractivity contribution < 1.29 is 0 Å². The third-order valence-corrected chi connectivity index (χ3v) is 37.5. The van der Waals surface area contributed by atoms with Gasteiger partial charge in [0.2, 0.25) is 0 Å². The number of fused-ring (bicyclic) bond motifs is 1. The molecule has 0 fully saturated rings. The molecule has 0 atom stereocenters. The zero-order valence-electron chi connectivity index (χ0n) is 27.5. The maximum absolute atomic E-state index is 2.87. The van der Waals surface area contributed by atoms with E-state index >= 15 is 0 Å². The quantitative estimate of drug-likeness (QED) is 0.105. The van der Waals surface area contributed by atoms with Crippen molar-refractivity contribution >= 4 is 48.9 Å². The fourth-order valence-electron chi connectivity index (χ4n) is 6.61. The summed E-state index contributed by atoms with van der Waals surface area (Å²) in [7, 11) is 0. The molecule has 0 N–H and O–H groups in total. The molecule has 0 spiro atoms. The Morgan fingerprint density at radius 3 is 1.02 bits per heavy atom. The fourth-order valence-corrected chi connectivity index (χ4v) is 34.9. The minimum absolute atomic E-state index is 1.34. The van der Waals surface area contributed by atoms with E-state index in [1.807, 2.05) is 0 Å². The molecule has 0 aromatic carbocycles. The second-order valence-corrected chi connectivity index (χ2v) is 38.8. The first-order chi connectivity index (χ1) is 19.5. The molecule has 0 aromatic rings. The van der Waals surface area contributed by atoms with Crippen LogP contribution in [-0.2, 0) is 0 Å². The van der Waals surface area contributed by atoms with Crippen molar-refractivity contribution in [3.05, 3.63) is 55.7 Å². The summed E-state index contributed by atoms with van der Waals surface area (Å²) < 4.78 is 15.0. The van der Waals surface area contributed by atoms with Gasteiger partial charge in [-0.25, -0.2) is 0 Å². The molecule has 0 radical (unpaired) electrons. The van der Waals surface area contributed by atoms with E-state index in [2.05, 4.69) is 98.3 Å². The molecule has 0 aromatic heterocycles. The summed E-state index contributed by atoms with van der Waals surface area (Å²) in [6.45, 7) is 14.3. The number of rotatable bonds is 22. The van der Waals surface area contributed by atoms with Crippen LogP contribution in [0.15, 0.2) is 44.6 Å². The van der Waals surface area contributed by atoms with Crippen LogP contribution >= 0.6 is 0 Å². The van der Waals surface area contributed by atoms with Crippen LogP contribution in [0.5, 0.6) is 0 Å². The Kier molecular flexibility index (Phi) is 18.6. The van der Waals surface area contributed by atoms with Gasteiger partial charge < -0.3 is 0 Å². The predicted molar refractivity (Wildman–Crippen MR) is 191 cm³/mol. The Morgan fingerprint density at radius 2 is 0.750 bits per heavy atom. The zero-order valence-corrected chi connectivity index (χ0v) is 33.2. The van der Waals surface area contributed by atoms with Gasteiger partial charge in [-0.3, -0.25) is 0 Å². The normalized spacial score (nSPS) is 12.8. The molecule has 0 nitrogen and oxygen atoms in total. The van der Waals surface area contributed by atoms with Crippen LogP contribution < -0.4 is 0 Å². The molecule has 0 saturated heterocycles. The monoisotopic (exact) mass is 760 g/mol. The van der Waals surface area contributed by atoms with Crippen molar-refractivity contribution in [2.75, 3.05) is 0 Å². The van der Waals surface area contributed by atoms with E-state index in [1.165, 1.54) is 99.3 Å². The van der Waals surface area contributed by atoms with E-state index in [0.717, 1.165) is 0 Å². The molecule has 0 saturated carbocycles. The topological polar surface area (TPSA) is 0 Å². The molecule has 0 bridgehead atoms. The average Bonchev–Trinajstić information content (AvgIpc) is 3.12. The number of hydrogen-bond acceptors (Lipinski definition) is 0. The predicted octanol–water partition coefficient (Wildman–Crippen LogP) is 13.6.